The molecular weight excluding hydrogens is 342 g/mol. The Balaban J connectivity index is 2.16. The van der Waals surface area contributed by atoms with Crippen LogP contribution in [0.4, 0.5) is 0 Å². The predicted molar refractivity (Wildman–Crippen MR) is 96.0 cm³/mol. The van der Waals surface area contributed by atoms with Crippen LogP contribution >= 0.6 is 11.3 Å². The normalized spacial score (nSPS) is 13.1. The first-order valence-electron chi connectivity index (χ1n) is 7.91. The highest BCUT2D eigenvalue weighted by Gasteiger charge is 2.25. The summed E-state index contributed by atoms with van der Waals surface area (Å²) in [4.78, 5) is 25.2. The number of aliphatic hydroxyl groups excluding tert-OH is 2. The van der Waals surface area contributed by atoms with Gasteiger partial charge in [-0.3, -0.25) is 9.59 Å². The van der Waals surface area contributed by atoms with E-state index < -0.39 is 30.4 Å². The number of aliphatic hydroxyl groups is 2. The third-order valence-corrected chi connectivity index (χ3v) is 4.66. The van der Waals surface area contributed by atoms with Crippen molar-refractivity contribution < 1.29 is 24.5 Å². The Morgan fingerprint density at radius 2 is 2.04 bits per heavy atom. The molecule has 0 bridgehead atoms. The van der Waals surface area contributed by atoms with Crippen LogP contribution in [0, 0.1) is 0 Å². The van der Waals surface area contributed by atoms with Gasteiger partial charge < -0.3 is 20.3 Å². The number of hydrogen-bond donors (Lipinski definition) is 3. The molecular formula is C18H21NO5S. The SMILES string of the molecule is CCOc1cccc(-c2ccc(C(=O)N[C@H](C(=O)CO)[C@@H](C)O)s2)c1. The minimum absolute atomic E-state index is 0.410. The molecule has 0 aliphatic rings. The molecule has 2 aromatic rings. The molecule has 2 atom stereocenters. The van der Waals surface area contributed by atoms with Crippen molar-refractivity contribution in [2.45, 2.75) is 26.0 Å². The van der Waals surface area contributed by atoms with Gasteiger partial charge >= 0.3 is 0 Å². The summed E-state index contributed by atoms with van der Waals surface area (Å²) < 4.78 is 5.48. The second-order valence-electron chi connectivity index (χ2n) is 5.44. The topological polar surface area (TPSA) is 95.9 Å². The van der Waals surface area contributed by atoms with E-state index >= 15 is 0 Å². The second kappa shape index (κ2) is 8.75. The molecule has 0 aliphatic carbocycles. The van der Waals surface area contributed by atoms with Gasteiger partial charge in [0.1, 0.15) is 18.4 Å². The third kappa shape index (κ3) is 4.88. The van der Waals surface area contributed by atoms with Gasteiger partial charge in [0.2, 0.25) is 0 Å². The zero-order chi connectivity index (χ0) is 18.4. The molecule has 25 heavy (non-hydrogen) atoms. The van der Waals surface area contributed by atoms with Crippen molar-refractivity contribution in [3.63, 3.8) is 0 Å². The number of ketones is 1. The van der Waals surface area contributed by atoms with E-state index in [1.165, 1.54) is 18.3 Å². The lowest BCUT2D eigenvalue weighted by Gasteiger charge is -2.18. The summed E-state index contributed by atoms with van der Waals surface area (Å²) in [6, 6.07) is 9.89. The number of hydrogen-bond acceptors (Lipinski definition) is 6. The lowest BCUT2D eigenvalue weighted by atomic mass is 10.1. The summed E-state index contributed by atoms with van der Waals surface area (Å²) in [6.45, 7) is 3.13. The highest BCUT2D eigenvalue weighted by Crippen LogP contribution is 2.30. The molecule has 1 aromatic carbocycles. The molecule has 0 spiro atoms. The molecule has 1 aromatic heterocycles. The van der Waals surface area contributed by atoms with Crippen molar-refractivity contribution in [2.75, 3.05) is 13.2 Å². The average molecular weight is 363 g/mol. The van der Waals surface area contributed by atoms with E-state index in [9.17, 15) is 14.7 Å². The zero-order valence-corrected chi connectivity index (χ0v) is 14.9. The highest BCUT2D eigenvalue weighted by molar-refractivity contribution is 7.17. The molecule has 1 heterocycles. The van der Waals surface area contributed by atoms with E-state index in [0.29, 0.717) is 11.5 Å². The van der Waals surface area contributed by atoms with Gasteiger partial charge in [0, 0.05) is 4.88 Å². The first kappa shape index (κ1) is 19.1. The van der Waals surface area contributed by atoms with Crippen molar-refractivity contribution in [1.29, 1.82) is 0 Å². The van der Waals surface area contributed by atoms with E-state index in [4.69, 9.17) is 9.84 Å². The van der Waals surface area contributed by atoms with Crippen LogP contribution in [0.2, 0.25) is 0 Å². The Bertz CT molecular complexity index is 741. The Kier molecular flexibility index (Phi) is 6.69. The van der Waals surface area contributed by atoms with Gasteiger partial charge in [-0.15, -0.1) is 11.3 Å². The van der Waals surface area contributed by atoms with Gasteiger partial charge in [0.15, 0.2) is 5.78 Å². The highest BCUT2D eigenvalue weighted by atomic mass is 32.1. The molecule has 0 saturated heterocycles. The van der Waals surface area contributed by atoms with Gasteiger partial charge in [-0.05, 0) is 43.7 Å². The monoisotopic (exact) mass is 363 g/mol. The zero-order valence-electron chi connectivity index (χ0n) is 14.1. The number of carbonyl (C=O) groups is 2. The Morgan fingerprint density at radius 1 is 1.28 bits per heavy atom. The van der Waals surface area contributed by atoms with E-state index in [1.807, 2.05) is 37.3 Å². The number of carbonyl (C=O) groups excluding carboxylic acids is 2. The van der Waals surface area contributed by atoms with Crippen LogP contribution in [0.15, 0.2) is 36.4 Å². The standard InChI is InChI=1S/C18H21NO5S/c1-3-24-13-6-4-5-12(9-13)15-7-8-16(25-15)18(23)19-17(11(2)21)14(22)10-20/h4-9,11,17,20-21H,3,10H2,1-2H3,(H,19,23)/t11-,17+/m1/s1. The Labute approximate surface area is 150 Å². The number of thiophene rings is 1. The smallest absolute Gasteiger partial charge is 0.262 e. The van der Waals surface area contributed by atoms with E-state index in [2.05, 4.69) is 5.32 Å². The number of amides is 1. The number of Topliss-reactive ketones (excluding diaryl/α,β-unsaturated/α-hetero) is 1. The number of nitrogens with one attached hydrogen (secondary N) is 1. The Hall–Kier alpha value is -2.22. The van der Waals surface area contributed by atoms with Crippen molar-refractivity contribution >= 4 is 23.0 Å². The summed E-state index contributed by atoms with van der Waals surface area (Å²) in [5, 5.41) is 21.0. The fraction of sp³-hybridized carbons (Fsp3) is 0.333. The molecule has 6 nitrogen and oxygen atoms in total. The second-order valence-corrected chi connectivity index (χ2v) is 6.52. The van der Waals surface area contributed by atoms with Gasteiger partial charge in [-0.25, -0.2) is 0 Å². The molecule has 0 aliphatic heterocycles. The van der Waals surface area contributed by atoms with Crippen molar-refractivity contribution in [2.24, 2.45) is 0 Å². The van der Waals surface area contributed by atoms with Gasteiger partial charge in [-0.2, -0.15) is 0 Å². The summed E-state index contributed by atoms with van der Waals surface area (Å²) >= 11 is 1.27. The molecule has 0 radical (unpaired) electrons. The van der Waals surface area contributed by atoms with Crippen molar-refractivity contribution in [1.82, 2.24) is 5.32 Å². The maximum absolute atomic E-state index is 12.3. The summed E-state index contributed by atoms with van der Waals surface area (Å²) in [7, 11) is 0. The average Bonchev–Trinajstić information content (AvgIpc) is 3.09. The molecule has 0 saturated carbocycles. The van der Waals surface area contributed by atoms with Gasteiger partial charge in [-0.1, -0.05) is 12.1 Å². The molecule has 7 heteroatoms. The molecule has 134 valence electrons. The lowest BCUT2D eigenvalue weighted by molar-refractivity contribution is -0.125. The van der Waals surface area contributed by atoms with Crippen LogP contribution in [0.5, 0.6) is 5.75 Å². The Morgan fingerprint density at radius 3 is 2.68 bits per heavy atom. The fourth-order valence-corrected chi connectivity index (χ4v) is 3.21. The summed E-state index contributed by atoms with van der Waals surface area (Å²) in [5.41, 5.74) is 0.925. The summed E-state index contributed by atoms with van der Waals surface area (Å²) in [5.74, 6) is -0.350. The molecule has 1 amide bonds. The van der Waals surface area contributed by atoms with Crippen molar-refractivity contribution in [3.8, 4) is 16.2 Å². The first-order chi connectivity index (χ1) is 12.0. The predicted octanol–water partition coefficient (Wildman–Crippen LogP) is 1.85. The minimum Gasteiger partial charge on any atom is -0.494 e. The quantitative estimate of drug-likeness (QED) is 0.665. The van der Waals surface area contributed by atoms with Crippen molar-refractivity contribution in [3.05, 3.63) is 41.3 Å². The number of benzene rings is 1. The molecule has 0 unspecified atom stereocenters. The van der Waals surface area contributed by atoms with E-state index in [-0.39, 0.29) is 0 Å². The van der Waals surface area contributed by atoms with Crippen LogP contribution in [-0.4, -0.2) is 47.3 Å². The lowest BCUT2D eigenvalue weighted by Crippen LogP contribution is -2.48. The third-order valence-electron chi connectivity index (χ3n) is 3.53. The fourth-order valence-electron chi connectivity index (χ4n) is 2.30. The maximum Gasteiger partial charge on any atom is 0.262 e. The van der Waals surface area contributed by atoms with Crippen LogP contribution in [0.3, 0.4) is 0 Å². The number of ether oxygens (including phenoxy) is 1. The van der Waals surface area contributed by atoms with E-state index in [0.717, 1.165) is 16.2 Å². The molecule has 3 N–H and O–H groups in total. The van der Waals surface area contributed by atoms with Gasteiger partial charge in [0.05, 0.1) is 17.6 Å². The van der Waals surface area contributed by atoms with Crippen LogP contribution in [0.25, 0.3) is 10.4 Å². The summed E-state index contributed by atoms with van der Waals surface area (Å²) in [6.07, 6.45) is -1.09. The maximum atomic E-state index is 12.3. The first-order valence-corrected chi connectivity index (χ1v) is 8.73. The largest absolute Gasteiger partial charge is 0.494 e. The van der Waals surface area contributed by atoms with Gasteiger partial charge in [0.25, 0.3) is 5.91 Å². The van der Waals surface area contributed by atoms with Crippen LogP contribution in [-0.2, 0) is 4.79 Å². The minimum atomic E-state index is -1.13. The van der Waals surface area contributed by atoms with E-state index in [1.54, 1.807) is 6.07 Å². The number of rotatable bonds is 8. The molecule has 2 rings (SSSR count). The van der Waals surface area contributed by atoms with Crippen LogP contribution in [0.1, 0.15) is 23.5 Å². The molecule has 0 fully saturated rings. The van der Waals surface area contributed by atoms with Crippen LogP contribution < -0.4 is 10.1 Å².